The highest BCUT2D eigenvalue weighted by Crippen LogP contribution is 2.43. The van der Waals surface area contributed by atoms with Crippen LogP contribution in [-0.2, 0) is 16.9 Å². The number of thiazole rings is 1. The molecular weight excluding hydrogens is 256 g/mol. The Kier molecular flexibility index (Phi) is 4.98. The SMILES string of the molecule is COC1(c2ncc(CNC(C)C)s2)CCC(C)CC1. The van der Waals surface area contributed by atoms with Crippen LogP contribution in [0, 0.1) is 5.92 Å². The van der Waals surface area contributed by atoms with Crippen LogP contribution in [-0.4, -0.2) is 18.1 Å². The van der Waals surface area contributed by atoms with Gasteiger partial charge in [-0.1, -0.05) is 20.8 Å². The van der Waals surface area contributed by atoms with Gasteiger partial charge in [0.05, 0.1) is 0 Å². The van der Waals surface area contributed by atoms with E-state index in [4.69, 9.17) is 4.74 Å². The summed E-state index contributed by atoms with van der Waals surface area (Å²) in [6.07, 6.45) is 6.71. The van der Waals surface area contributed by atoms with Crippen LogP contribution in [0.2, 0.25) is 0 Å². The minimum atomic E-state index is -0.118. The van der Waals surface area contributed by atoms with Crippen LogP contribution in [0.4, 0.5) is 0 Å². The van der Waals surface area contributed by atoms with Crippen molar-refractivity contribution in [3.05, 3.63) is 16.1 Å². The second-order valence-corrected chi connectivity index (χ2v) is 7.16. The van der Waals surface area contributed by atoms with Gasteiger partial charge in [0, 0.05) is 30.8 Å². The molecule has 0 aliphatic heterocycles. The first-order valence-corrected chi connectivity index (χ1v) is 8.11. The van der Waals surface area contributed by atoms with Crippen molar-refractivity contribution in [2.75, 3.05) is 7.11 Å². The third-order valence-electron chi connectivity index (χ3n) is 4.10. The average molecular weight is 282 g/mol. The van der Waals surface area contributed by atoms with E-state index in [1.807, 2.05) is 24.6 Å². The van der Waals surface area contributed by atoms with Gasteiger partial charge in [-0.3, -0.25) is 0 Å². The molecular formula is C15H26N2OS. The van der Waals surface area contributed by atoms with Crippen LogP contribution in [0.15, 0.2) is 6.20 Å². The second kappa shape index (κ2) is 6.33. The molecule has 0 spiro atoms. The predicted octanol–water partition coefficient (Wildman–Crippen LogP) is 3.69. The lowest BCUT2D eigenvalue weighted by Gasteiger charge is -2.36. The molecule has 19 heavy (non-hydrogen) atoms. The maximum Gasteiger partial charge on any atom is 0.125 e. The average Bonchev–Trinajstić information content (AvgIpc) is 2.87. The molecule has 1 aromatic heterocycles. The van der Waals surface area contributed by atoms with Crippen LogP contribution < -0.4 is 5.32 Å². The molecule has 1 aliphatic carbocycles. The monoisotopic (exact) mass is 282 g/mol. The number of rotatable bonds is 5. The third kappa shape index (κ3) is 3.56. The van der Waals surface area contributed by atoms with E-state index in [-0.39, 0.29) is 5.60 Å². The van der Waals surface area contributed by atoms with Crippen molar-refractivity contribution < 1.29 is 4.74 Å². The van der Waals surface area contributed by atoms with E-state index >= 15 is 0 Å². The summed E-state index contributed by atoms with van der Waals surface area (Å²) in [6.45, 7) is 7.58. The molecule has 0 atom stereocenters. The highest BCUT2D eigenvalue weighted by Gasteiger charge is 2.38. The summed E-state index contributed by atoms with van der Waals surface area (Å²) in [4.78, 5) is 5.94. The van der Waals surface area contributed by atoms with E-state index in [1.54, 1.807) is 0 Å². The molecule has 0 unspecified atom stereocenters. The molecule has 0 bridgehead atoms. The molecule has 108 valence electrons. The molecule has 1 heterocycles. The maximum absolute atomic E-state index is 5.88. The first-order valence-electron chi connectivity index (χ1n) is 7.29. The summed E-state index contributed by atoms with van der Waals surface area (Å²) in [5.74, 6) is 0.824. The molecule has 0 radical (unpaired) electrons. The summed E-state index contributed by atoms with van der Waals surface area (Å²) in [5.41, 5.74) is -0.118. The normalized spacial score (nSPS) is 27.9. The fraction of sp³-hybridized carbons (Fsp3) is 0.800. The standard InChI is InChI=1S/C15H26N2OS/c1-11(2)16-9-13-10-17-14(19-13)15(18-4)7-5-12(3)6-8-15/h10-12,16H,5-9H2,1-4H3. The summed E-state index contributed by atoms with van der Waals surface area (Å²) in [5, 5.41) is 4.61. The van der Waals surface area contributed by atoms with Gasteiger partial charge in [0.2, 0.25) is 0 Å². The zero-order valence-corrected chi connectivity index (χ0v) is 13.3. The number of nitrogens with one attached hydrogen (secondary N) is 1. The van der Waals surface area contributed by atoms with E-state index < -0.39 is 0 Å². The van der Waals surface area contributed by atoms with Gasteiger partial charge >= 0.3 is 0 Å². The zero-order chi connectivity index (χ0) is 13.9. The zero-order valence-electron chi connectivity index (χ0n) is 12.5. The second-order valence-electron chi connectivity index (χ2n) is 6.05. The largest absolute Gasteiger partial charge is 0.371 e. The summed E-state index contributed by atoms with van der Waals surface area (Å²) >= 11 is 1.81. The Morgan fingerprint density at radius 3 is 2.74 bits per heavy atom. The fourth-order valence-electron chi connectivity index (χ4n) is 2.64. The van der Waals surface area contributed by atoms with Crippen LogP contribution in [0.25, 0.3) is 0 Å². The number of hydrogen-bond acceptors (Lipinski definition) is 4. The van der Waals surface area contributed by atoms with Crippen LogP contribution in [0.1, 0.15) is 56.3 Å². The Labute approximate surface area is 120 Å². The molecule has 0 aromatic carbocycles. The molecule has 1 saturated carbocycles. The van der Waals surface area contributed by atoms with Crippen molar-refractivity contribution in [3.63, 3.8) is 0 Å². The van der Waals surface area contributed by atoms with Crippen molar-refractivity contribution in [3.8, 4) is 0 Å². The molecule has 0 amide bonds. The summed E-state index contributed by atoms with van der Waals surface area (Å²) < 4.78 is 5.88. The van der Waals surface area contributed by atoms with Crippen LogP contribution >= 0.6 is 11.3 Å². The Bertz CT molecular complexity index is 395. The topological polar surface area (TPSA) is 34.1 Å². The van der Waals surface area contributed by atoms with E-state index in [0.29, 0.717) is 6.04 Å². The quantitative estimate of drug-likeness (QED) is 0.894. The molecule has 4 heteroatoms. The number of hydrogen-bond donors (Lipinski definition) is 1. The highest BCUT2D eigenvalue weighted by molar-refractivity contribution is 7.11. The van der Waals surface area contributed by atoms with Crippen molar-refractivity contribution in [1.82, 2.24) is 10.3 Å². The van der Waals surface area contributed by atoms with E-state index in [2.05, 4.69) is 31.1 Å². The minimum Gasteiger partial charge on any atom is -0.371 e. The van der Waals surface area contributed by atoms with Crippen molar-refractivity contribution in [2.24, 2.45) is 5.92 Å². The van der Waals surface area contributed by atoms with Gasteiger partial charge in [-0.15, -0.1) is 11.3 Å². The van der Waals surface area contributed by atoms with Crippen LogP contribution in [0.5, 0.6) is 0 Å². The molecule has 1 aliphatic rings. The minimum absolute atomic E-state index is 0.118. The number of ether oxygens (including phenoxy) is 1. The lowest BCUT2D eigenvalue weighted by molar-refractivity contribution is -0.0531. The fourth-order valence-corrected chi connectivity index (χ4v) is 3.73. The van der Waals surface area contributed by atoms with Crippen molar-refractivity contribution in [1.29, 1.82) is 0 Å². The summed E-state index contributed by atoms with van der Waals surface area (Å²) in [6, 6.07) is 0.512. The van der Waals surface area contributed by atoms with Gasteiger partial charge in [0.1, 0.15) is 10.6 Å². The maximum atomic E-state index is 5.88. The van der Waals surface area contributed by atoms with Crippen LogP contribution in [0.3, 0.4) is 0 Å². The Morgan fingerprint density at radius 2 is 2.16 bits per heavy atom. The first-order chi connectivity index (χ1) is 9.05. The molecule has 1 fully saturated rings. The Morgan fingerprint density at radius 1 is 1.47 bits per heavy atom. The van der Waals surface area contributed by atoms with Gasteiger partial charge < -0.3 is 10.1 Å². The van der Waals surface area contributed by atoms with Crippen molar-refractivity contribution in [2.45, 2.75) is 64.6 Å². The first kappa shape index (κ1) is 14.9. The van der Waals surface area contributed by atoms with Gasteiger partial charge in [0.15, 0.2) is 0 Å². The molecule has 1 N–H and O–H groups in total. The highest BCUT2D eigenvalue weighted by atomic mass is 32.1. The van der Waals surface area contributed by atoms with Crippen molar-refractivity contribution >= 4 is 11.3 Å². The molecule has 2 rings (SSSR count). The molecule has 0 saturated heterocycles. The van der Waals surface area contributed by atoms with E-state index in [0.717, 1.165) is 25.3 Å². The lowest BCUT2D eigenvalue weighted by Crippen LogP contribution is -2.33. The van der Waals surface area contributed by atoms with E-state index in [9.17, 15) is 0 Å². The summed E-state index contributed by atoms with van der Waals surface area (Å²) in [7, 11) is 1.84. The van der Waals surface area contributed by atoms with Gasteiger partial charge in [0.25, 0.3) is 0 Å². The van der Waals surface area contributed by atoms with Gasteiger partial charge in [-0.2, -0.15) is 0 Å². The van der Waals surface area contributed by atoms with E-state index in [1.165, 1.54) is 22.7 Å². The lowest BCUT2D eigenvalue weighted by atomic mass is 9.80. The molecule has 3 nitrogen and oxygen atoms in total. The van der Waals surface area contributed by atoms with Gasteiger partial charge in [-0.05, 0) is 31.6 Å². The Balaban J connectivity index is 2.07. The number of nitrogens with zero attached hydrogens (tertiary/aromatic N) is 1. The third-order valence-corrected chi connectivity index (χ3v) is 5.28. The Hall–Kier alpha value is -0.450. The smallest absolute Gasteiger partial charge is 0.125 e. The number of aromatic nitrogens is 1. The molecule has 1 aromatic rings. The predicted molar refractivity (Wildman–Crippen MR) is 80.4 cm³/mol. The number of methoxy groups -OCH3 is 1. The van der Waals surface area contributed by atoms with Gasteiger partial charge in [-0.25, -0.2) is 4.98 Å².